The number of ether oxygens (including phenoxy) is 1. The zero-order valence-corrected chi connectivity index (χ0v) is 13.0. The number of aromatic amines is 2. The maximum atomic E-state index is 5.76. The topological polar surface area (TPSA) is 52.8 Å². The van der Waals surface area contributed by atoms with Gasteiger partial charge in [-0.2, -0.15) is 11.8 Å². The Labute approximate surface area is 128 Å². The van der Waals surface area contributed by atoms with E-state index < -0.39 is 0 Å². The molecule has 0 bridgehead atoms. The van der Waals surface area contributed by atoms with Gasteiger partial charge in [-0.05, 0) is 31.4 Å². The summed E-state index contributed by atoms with van der Waals surface area (Å²) < 4.78 is 6.44. The first-order valence-electron chi connectivity index (χ1n) is 6.47. The minimum atomic E-state index is 0.321. The van der Waals surface area contributed by atoms with Crippen LogP contribution in [-0.2, 0) is 5.75 Å². The summed E-state index contributed by atoms with van der Waals surface area (Å²) in [5, 5.41) is 3.28. The minimum absolute atomic E-state index is 0.321. The van der Waals surface area contributed by atoms with Crippen LogP contribution in [0.1, 0.15) is 5.69 Å². The van der Waals surface area contributed by atoms with Crippen molar-refractivity contribution in [1.82, 2.24) is 15.3 Å². The molecule has 1 aromatic carbocycles. The average molecular weight is 309 g/mol. The summed E-state index contributed by atoms with van der Waals surface area (Å²) in [7, 11) is 1.96. The maximum Gasteiger partial charge on any atom is 0.174 e. The molecule has 1 unspecified atom stereocenters. The van der Waals surface area contributed by atoms with E-state index in [4.69, 9.17) is 17.0 Å². The van der Waals surface area contributed by atoms with Gasteiger partial charge in [-0.1, -0.05) is 18.2 Å². The van der Waals surface area contributed by atoms with Crippen LogP contribution < -0.4 is 10.1 Å². The van der Waals surface area contributed by atoms with E-state index in [9.17, 15) is 0 Å². The van der Waals surface area contributed by atoms with Gasteiger partial charge < -0.3 is 20.0 Å². The fourth-order valence-electron chi connectivity index (χ4n) is 1.69. The van der Waals surface area contributed by atoms with E-state index in [-0.39, 0.29) is 0 Å². The Balaban J connectivity index is 1.71. The predicted molar refractivity (Wildman–Crippen MR) is 86.9 cm³/mol. The summed E-state index contributed by atoms with van der Waals surface area (Å²) in [4.78, 5) is 6.09. The van der Waals surface area contributed by atoms with E-state index in [1.165, 1.54) is 0 Å². The summed E-state index contributed by atoms with van der Waals surface area (Å²) in [6.45, 7) is 0.663. The molecule has 3 N–H and O–H groups in total. The van der Waals surface area contributed by atoms with E-state index in [1.807, 2.05) is 55.3 Å². The summed E-state index contributed by atoms with van der Waals surface area (Å²) in [5.41, 5.74) is 1.12. The fraction of sp³-hybridized carbons (Fsp3) is 0.357. The standard InChI is InChI=1S/C14H19N3OS2/c1-15-12(8-18-13-5-3-2-4-6-13)10-20-9-11-7-16-14(19)17-11/h2-7,12,15H,8-10H2,1H3,(H2,16,17,19). The Morgan fingerprint density at radius 2 is 2.15 bits per heavy atom. The first-order chi connectivity index (χ1) is 9.78. The van der Waals surface area contributed by atoms with Gasteiger partial charge in [-0.15, -0.1) is 0 Å². The van der Waals surface area contributed by atoms with Crippen molar-refractivity contribution in [3.05, 3.63) is 47.0 Å². The van der Waals surface area contributed by atoms with Gasteiger partial charge in [0.1, 0.15) is 12.4 Å². The SMILES string of the molecule is CNC(COc1ccccc1)CSCc1c[nH]c(=S)[nH]1. The van der Waals surface area contributed by atoms with Crippen LogP contribution >= 0.6 is 24.0 Å². The van der Waals surface area contributed by atoms with Crippen molar-refractivity contribution in [2.75, 3.05) is 19.4 Å². The van der Waals surface area contributed by atoms with Gasteiger partial charge in [0.2, 0.25) is 0 Å². The molecule has 0 aliphatic carbocycles. The molecule has 1 aromatic heterocycles. The van der Waals surface area contributed by atoms with Crippen molar-refractivity contribution in [3.63, 3.8) is 0 Å². The Hall–Kier alpha value is -1.24. The first kappa shape index (κ1) is 15.2. The lowest BCUT2D eigenvalue weighted by Gasteiger charge is -2.16. The molecule has 0 aliphatic heterocycles. The second-order valence-electron chi connectivity index (χ2n) is 4.39. The van der Waals surface area contributed by atoms with Crippen molar-refractivity contribution in [2.24, 2.45) is 0 Å². The molecule has 2 aromatic rings. The molecule has 4 nitrogen and oxygen atoms in total. The first-order valence-corrected chi connectivity index (χ1v) is 8.03. The summed E-state index contributed by atoms with van der Waals surface area (Å²) in [5.74, 6) is 2.80. The number of nitrogens with one attached hydrogen (secondary N) is 3. The zero-order chi connectivity index (χ0) is 14.2. The second kappa shape index (κ2) is 8.14. The number of hydrogen-bond acceptors (Lipinski definition) is 4. The quantitative estimate of drug-likeness (QED) is 0.656. The highest BCUT2D eigenvalue weighted by Crippen LogP contribution is 2.13. The molecule has 20 heavy (non-hydrogen) atoms. The molecule has 0 fully saturated rings. The molecule has 2 rings (SSSR count). The highest BCUT2D eigenvalue weighted by atomic mass is 32.2. The summed E-state index contributed by atoms with van der Waals surface area (Å²) >= 11 is 6.85. The number of imidazole rings is 1. The monoisotopic (exact) mass is 309 g/mol. The number of likely N-dealkylation sites (N-methyl/N-ethyl adjacent to an activating group) is 1. The third-order valence-corrected chi connectivity index (χ3v) is 4.20. The predicted octanol–water partition coefficient (Wildman–Crippen LogP) is 2.97. The smallest absolute Gasteiger partial charge is 0.174 e. The Morgan fingerprint density at radius 3 is 2.80 bits per heavy atom. The Kier molecular flexibility index (Phi) is 6.17. The van der Waals surface area contributed by atoms with E-state index in [0.717, 1.165) is 22.9 Å². The Bertz CT molecular complexity index is 553. The molecular weight excluding hydrogens is 290 g/mol. The van der Waals surface area contributed by atoms with Crippen LogP contribution in [0.15, 0.2) is 36.5 Å². The number of H-pyrrole nitrogens is 2. The highest BCUT2D eigenvalue weighted by Gasteiger charge is 2.07. The molecule has 108 valence electrons. The lowest BCUT2D eigenvalue weighted by Crippen LogP contribution is -2.34. The van der Waals surface area contributed by atoms with Crippen molar-refractivity contribution >= 4 is 24.0 Å². The summed E-state index contributed by atoms with van der Waals surface area (Å²) in [6, 6.07) is 10.2. The molecule has 1 heterocycles. The van der Waals surface area contributed by atoms with Crippen molar-refractivity contribution in [3.8, 4) is 5.75 Å². The fourth-order valence-corrected chi connectivity index (χ4v) is 2.92. The van der Waals surface area contributed by atoms with Gasteiger partial charge >= 0.3 is 0 Å². The van der Waals surface area contributed by atoms with E-state index >= 15 is 0 Å². The van der Waals surface area contributed by atoms with Crippen LogP contribution in [0, 0.1) is 4.77 Å². The minimum Gasteiger partial charge on any atom is -0.492 e. The largest absolute Gasteiger partial charge is 0.492 e. The summed E-state index contributed by atoms with van der Waals surface area (Å²) in [6.07, 6.45) is 1.92. The third-order valence-electron chi connectivity index (χ3n) is 2.83. The third kappa shape index (κ3) is 5.03. The molecular formula is C14H19N3OS2. The lowest BCUT2D eigenvalue weighted by molar-refractivity contribution is 0.282. The molecule has 1 atom stereocenters. The Morgan fingerprint density at radius 1 is 1.35 bits per heavy atom. The van der Waals surface area contributed by atoms with Crippen molar-refractivity contribution in [1.29, 1.82) is 0 Å². The normalized spacial score (nSPS) is 12.2. The average Bonchev–Trinajstić information content (AvgIpc) is 2.89. The van der Waals surface area contributed by atoms with Gasteiger partial charge in [0.15, 0.2) is 4.77 Å². The number of aromatic nitrogens is 2. The van der Waals surface area contributed by atoms with Gasteiger partial charge in [0.25, 0.3) is 0 Å². The molecule has 0 aliphatic rings. The molecule has 0 spiro atoms. The number of benzene rings is 1. The van der Waals surface area contributed by atoms with E-state index in [1.54, 1.807) is 0 Å². The number of para-hydroxylation sites is 1. The lowest BCUT2D eigenvalue weighted by atomic mass is 10.3. The van der Waals surface area contributed by atoms with Gasteiger partial charge in [0, 0.05) is 23.4 Å². The van der Waals surface area contributed by atoms with Gasteiger partial charge in [-0.25, -0.2) is 0 Å². The second-order valence-corrected chi connectivity index (χ2v) is 5.83. The molecule has 6 heteroatoms. The van der Waals surface area contributed by atoms with E-state index in [0.29, 0.717) is 17.4 Å². The van der Waals surface area contributed by atoms with Crippen LogP contribution in [0.4, 0.5) is 0 Å². The van der Waals surface area contributed by atoms with Crippen LogP contribution in [0.3, 0.4) is 0 Å². The van der Waals surface area contributed by atoms with Gasteiger partial charge in [0.05, 0.1) is 6.04 Å². The molecule has 0 amide bonds. The van der Waals surface area contributed by atoms with Crippen LogP contribution in [-0.4, -0.2) is 35.4 Å². The maximum absolute atomic E-state index is 5.76. The number of thioether (sulfide) groups is 1. The van der Waals surface area contributed by atoms with E-state index in [2.05, 4.69) is 15.3 Å². The molecule has 0 saturated heterocycles. The van der Waals surface area contributed by atoms with Gasteiger partial charge in [-0.3, -0.25) is 0 Å². The van der Waals surface area contributed by atoms with Crippen LogP contribution in [0.2, 0.25) is 0 Å². The molecule has 0 radical (unpaired) electrons. The zero-order valence-electron chi connectivity index (χ0n) is 11.4. The molecule has 0 saturated carbocycles. The van der Waals surface area contributed by atoms with Crippen molar-refractivity contribution < 1.29 is 4.74 Å². The van der Waals surface area contributed by atoms with Crippen molar-refractivity contribution in [2.45, 2.75) is 11.8 Å². The van der Waals surface area contributed by atoms with Crippen LogP contribution in [0.25, 0.3) is 0 Å². The van der Waals surface area contributed by atoms with Crippen LogP contribution in [0.5, 0.6) is 5.75 Å². The number of rotatable bonds is 8. The number of hydrogen-bond donors (Lipinski definition) is 3. The highest BCUT2D eigenvalue weighted by molar-refractivity contribution is 7.98.